The first-order valence-corrected chi connectivity index (χ1v) is 4.23. The van der Waals surface area contributed by atoms with Crippen LogP contribution in [0.3, 0.4) is 0 Å². The number of hydrogen-bond donors (Lipinski definition) is 2. The molecule has 0 amide bonds. The highest BCUT2D eigenvalue weighted by atomic mass is 16.1. The molecule has 0 atom stereocenters. The van der Waals surface area contributed by atoms with E-state index in [4.69, 9.17) is 11.5 Å². The number of carbonyl (C=O) groups excluding carboxylic acids is 2. The molecule has 74 valence electrons. The van der Waals surface area contributed by atoms with Crippen molar-refractivity contribution in [3.8, 4) is 0 Å². The van der Waals surface area contributed by atoms with Gasteiger partial charge in [-0.05, 0) is 17.2 Å². The highest BCUT2D eigenvalue weighted by molar-refractivity contribution is 5.85. The van der Waals surface area contributed by atoms with Gasteiger partial charge in [-0.3, -0.25) is 9.59 Å². The molecule has 0 aliphatic heterocycles. The molecule has 0 aliphatic carbocycles. The molecule has 14 heavy (non-hydrogen) atoms. The zero-order valence-corrected chi connectivity index (χ0v) is 7.69. The number of carbonyl (C=O) groups is 2. The molecule has 4 heteroatoms. The summed E-state index contributed by atoms with van der Waals surface area (Å²) in [6, 6.07) is 3.22. The fourth-order valence-electron chi connectivity index (χ4n) is 1.30. The molecule has 0 fully saturated rings. The molecule has 0 saturated heterocycles. The monoisotopic (exact) mass is 192 g/mol. The maximum absolute atomic E-state index is 10.7. The van der Waals surface area contributed by atoms with E-state index in [1.165, 1.54) is 6.07 Å². The summed E-state index contributed by atoms with van der Waals surface area (Å²) >= 11 is 0. The van der Waals surface area contributed by atoms with Crippen molar-refractivity contribution in [1.82, 2.24) is 0 Å². The fourth-order valence-corrected chi connectivity index (χ4v) is 1.30. The molecule has 0 unspecified atom stereocenters. The van der Waals surface area contributed by atoms with E-state index < -0.39 is 0 Å². The normalized spacial score (nSPS) is 9.86. The topological polar surface area (TPSA) is 86.2 Å². The Morgan fingerprint density at radius 1 is 0.929 bits per heavy atom. The molecule has 0 bridgehead atoms. The van der Waals surface area contributed by atoms with E-state index in [1.54, 1.807) is 6.07 Å². The van der Waals surface area contributed by atoms with Crippen molar-refractivity contribution in [1.29, 1.82) is 0 Å². The van der Waals surface area contributed by atoms with Crippen LogP contribution in [0.15, 0.2) is 12.1 Å². The predicted molar refractivity (Wildman–Crippen MR) is 53.0 cm³/mol. The van der Waals surface area contributed by atoms with Gasteiger partial charge in [-0.15, -0.1) is 0 Å². The van der Waals surface area contributed by atoms with Crippen molar-refractivity contribution in [2.24, 2.45) is 11.5 Å². The largest absolute Gasteiger partial charge is 0.326 e. The first-order chi connectivity index (χ1) is 6.76. The van der Waals surface area contributed by atoms with E-state index in [-0.39, 0.29) is 13.1 Å². The molecule has 4 nitrogen and oxygen atoms in total. The lowest BCUT2D eigenvalue weighted by atomic mass is 9.99. The number of hydrogen-bond acceptors (Lipinski definition) is 4. The standard InChI is InChI=1S/C10H12N2O2/c11-3-7-1-8(4-12)10(6-14)2-9(7)5-13/h1-2,5-6H,3-4,11-12H2. The zero-order valence-electron chi connectivity index (χ0n) is 7.69. The van der Waals surface area contributed by atoms with Crippen LogP contribution in [0.2, 0.25) is 0 Å². The summed E-state index contributed by atoms with van der Waals surface area (Å²) in [6.45, 7) is 0.528. The Morgan fingerprint density at radius 2 is 1.36 bits per heavy atom. The molecule has 1 rings (SSSR count). The molecule has 1 aromatic rings. The van der Waals surface area contributed by atoms with Crippen LogP contribution in [0.25, 0.3) is 0 Å². The van der Waals surface area contributed by atoms with Crippen LogP contribution >= 0.6 is 0 Å². The second kappa shape index (κ2) is 4.64. The highest BCUT2D eigenvalue weighted by Gasteiger charge is 2.06. The van der Waals surface area contributed by atoms with Crippen molar-refractivity contribution < 1.29 is 9.59 Å². The maximum atomic E-state index is 10.7. The van der Waals surface area contributed by atoms with Crippen molar-refractivity contribution in [2.75, 3.05) is 0 Å². The van der Waals surface area contributed by atoms with Crippen molar-refractivity contribution >= 4 is 12.6 Å². The van der Waals surface area contributed by atoms with Gasteiger partial charge < -0.3 is 11.5 Å². The van der Waals surface area contributed by atoms with E-state index in [2.05, 4.69) is 0 Å². The molecule has 0 aromatic heterocycles. The van der Waals surface area contributed by atoms with Crippen LogP contribution in [0, 0.1) is 0 Å². The van der Waals surface area contributed by atoms with Gasteiger partial charge in [0.2, 0.25) is 0 Å². The van der Waals surface area contributed by atoms with Gasteiger partial charge in [0.15, 0.2) is 0 Å². The summed E-state index contributed by atoms with van der Waals surface area (Å²) in [5, 5.41) is 0. The van der Waals surface area contributed by atoms with E-state index in [9.17, 15) is 9.59 Å². The third-order valence-electron chi connectivity index (χ3n) is 2.09. The van der Waals surface area contributed by atoms with Crippen LogP contribution < -0.4 is 11.5 Å². The first kappa shape index (κ1) is 10.6. The molecule has 1 aromatic carbocycles. The second-order valence-corrected chi connectivity index (χ2v) is 2.89. The first-order valence-electron chi connectivity index (χ1n) is 4.23. The van der Waals surface area contributed by atoms with E-state index in [1.807, 2.05) is 0 Å². The Balaban J connectivity index is 3.34. The molecule has 0 heterocycles. The molecule has 0 spiro atoms. The molecule has 0 radical (unpaired) electrons. The van der Waals surface area contributed by atoms with Gasteiger partial charge in [-0.25, -0.2) is 0 Å². The minimum absolute atomic E-state index is 0.264. The summed E-state index contributed by atoms with van der Waals surface area (Å²) in [5.74, 6) is 0. The van der Waals surface area contributed by atoms with Crippen LogP contribution in [0.4, 0.5) is 0 Å². The van der Waals surface area contributed by atoms with E-state index in [0.29, 0.717) is 34.8 Å². The van der Waals surface area contributed by atoms with Crippen molar-refractivity contribution in [3.63, 3.8) is 0 Å². The third-order valence-corrected chi connectivity index (χ3v) is 2.09. The summed E-state index contributed by atoms with van der Waals surface area (Å²) in [7, 11) is 0. The van der Waals surface area contributed by atoms with Gasteiger partial charge in [0, 0.05) is 24.2 Å². The summed E-state index contributed by atoms with van der Waals surface area (Å²) in [4.78, 5) is 21.3. The van der Waals surface area contributed by atoms with Gasteiger partial charge in [0.1, 0.15) is 12.6 Å². The minimum atomic E-state index is 0.264. The Labute approximate surface area is 81.9 Å². The van der Waals surface area contributed by atoms with Crippen molar-refractivity contribution in [3.05, 3.63) is 34.4 Å². The van der Waals surface area contributed by atoms with Crippen LogP contribution in [0.5, 0.6) is 0 Å². The molecule has 0 aliphatic rings. The summed E-state index contributed by atoms with van der Waals surface area (Å²) < 4.78 is 0. The average molecular weight is 192 g/mol. The smallest absolute Gasteiger partial charge is 0.150 e. The number of benzene rings is 1. The summed E-state index contributed by atoms with van der Waals surface area (Å²) in [6.07, 6.45) is 1.38. The van der Waals surface area contributed by atoms with Crippen molar-refractivity contribution in [2.45, 2.75) is 13.1 Å². The number of nitrogens with two attached hydrogens (primary N) is 2. The second-order valence-electron chi connectivity index (χ2n) is 2.89. The maximum Gasteiger partial charge on any atom is 0.150 e. The SMILES string of the molecule is NCc1cc(CN)c(C=O)cc1C=O. The lowest BCUT2D eigenvalue weighted by Gasteiger charge is -2.07. The lowest BCUT2D eigenvalue weighted by molar-refractivity contribution is 0.112. The zero-order chi connectivity index (χ0) is 10.6. The third kappa shape index (κ3) is 1.86. The Morgan fingerprint density at radius 3 is 1.64 bits per heavy atom. The fraction of sp³-hybridized carbons (Fsp3) is 0.200. The Bertz CT molecular complexity index is 330. The van der Waals surface area contributed by atoms with E-state index >= 15 is 0 Å². The Hall–Kier alpha value is -1.52. The predicted octanol–water partition coefficient (Wildman–Crippen LogP) is 0.229. The molecular formula is C10H12N2O2. The van der Waals surface area contributed by atoms with Gasteiger partial charge in [0.05, 0.1) is 0 Å². The Kier molecular flexibility index (Phi) is 3.50. The summed E-state index contributed by atoms with van der Waals surface area (Å²) in [5.41, 5.74) is 13.2. The molecule has 4 N–H and O–H groups in total. The van der Waals surface area contributed by atoms with Gasteiger partial charge in [-0.1, -0.05) is 6.07 Å². The average Bonchev–Trinajstić information content (AvgIpc) is 2.26. The quantitative estimate of drug-likeness (QED) is 0.668. The molecule has 0 saturated carbocycles. The highest BCUT2D eigenvalue weighted by Crippen LogP contribution is 2.14. The minimum Gasteiger partial charge on any atom is -0.326 e. The lowest BCUT2D eigenvalue weighted by Crippen LogP contribution is -2.07. The number of aldehydes is 2. The van der Waals surface area contributed by atoms with Crippen LogP contribution in [-0.2, 0) is 13.1 Å². The van der Waals surface area contributed by atoms with Gasteiger partial charge in [0.25, 0.3) is 0 Å². The molecular weight excluding hydrogens is 180 g/mol. The van der Waals surface area contributed by atoms with Gasteiger partial charge in [-0.2, -0.15) is 0 Å². The van der Waals surface area contributed by atoms with Gasteiger partial charge >= 0.3 is 0 Å². The number of rotatable bonds is 4. The van der Waals surface area contributed by atoms with Crippen LogP contribution in [-0.4, -0.2) is 12.6 Å². The van der Waals surface area contributed by atoms with Crippen LogP contribution in [0.1, 0.15) is 31.8 Å². The van der Waals surface area contributed by atoms with E-state index in [0.717, 1.165) is 0 Å².